The van der Waals surface area contributed by atoms with E-state index >= 15 is 0 Å². The van der Waals surface area contributed by atoms with Crippen LogP contribution in [0.3, 0.4) is 0 Å². The van der Waals surface area contributed by atoms with Crippen LogP contribution < -0.4 is 10.6 Å². The molecule has 1 aliphatic heterocycles. The topological polar surface area (TPSA) is 33.9 Å². The molecule has 3 atom stereocenters. The van der Waals surface area contributed by atoms with Gasteiger partial charge in [-0.2, -0.15) is 0 Å². The quantitative estimate of drug-likeness (QED) is 0.196. The lowest BCUT2D eigenvalue weighted by Crippen LogP contribution is -2.48. The van der Waals surface area contributed by atoms with E-state index in [0.717, 1.165) is 12.1 Å². The Kier molecular flexibility index (Phi) is 6.81. The highest BCUT2D eigenvalue weighted by Gasteiger charge is 2.31. The van der Waals surface area contributed by atoms with Crippen LogP contribution in [-0.4, -0.2) is 15.3 Å². The summed E-state index contributed by atoms with van der Waals surface area (Å²) in [7, 11) is 0. The van der Waals surface area contributed by atoms with Crippen LogP contribution in [0.25, 0.3) is 55.0 Å². The smallest absolute Gasteiger partial charge is 0.100 e. The minimum absolute atomic E-state index is 0.0489. The zero-order valence-electron chi connectivity index (χ0n) is 27.6. The van der Waals surface area contributed by atoms with Gasteiger partial charge in [0.2, 0.25) is 0 Å². The largest absolute Gasteiger partial charge is 0.366 e. The van der Waals surface area contributed by atoms with Gasteiger partial charge in [0.05, 0.1) is 23.1 Å². The van der Waals surface area contributed by atoms with Crippen molar-refractivity contribution in [1.82, 2.24) is 19.8 Å². The maximum Gasteiger partial charge on any atom is 0.100 e. The highest BCUT2D eigenvalue weighted by molar-refractivity contribution is 6.11. The summed E-state index contributed by atoms with van der Waals surface area (Å²) in [6, 6.07) is 57.0. The van der Waals surface area contributed by atoms with Gasteiger partial charge in [0.1, 0.15) is 6.17 Å². The van der Waals surface area contributed by atoms with Gasteiger partial charge in [-0.15, -0.1) is 0 Å². The molecule has 6 aromatic carbocycles. The van der Waals surface area contributed by atoms with Crippen molar-refractivity contribution < 1.29 is 0 Å². The summed E-state index contributed by atoms with van der Waals surface area (Å²) in [4.78, 5) is 0. The average Bonchev–Trinajstić information content (AvgIpc) is 3.71. The van der Waals surface area contributed by atoms with E-state index < -0.39 is 0 Å². The second-order valence-corrected chi connectivity index (χ2v) is 13.4. The van der Waals surface area contributed by atoms with Gasteiger partial charge in [0, 0.05) is 44.0 Å². The standard InChI is InChI=1S/C46H36N4/c1-3-15-31(16-4-1)40-30-41(32-17-5-2-6-18-32)48-46(47-40)33-27-34(49-42-23-11-7-19-36(42)37-20-8-12-24-43(37)49)29-35(28-33)50-44-25-13-9-21-38(44)39-22-10-14-26-45(39)50/h1-27,29-30,35,40,46-48H,28H2. The van der Waals surface area contributed by atoms with Crippen molar-refractivity contribution in [3.63, 3.8) is 0 Å². The van der Waals surface area contributed by atoms with Crippen LogP contribution in [-0.2, 0) is 0 Å². The molecule has 2 N–H and O–H groups in total. The summed E-state index contributed by atoms with van der Waals surface area (Å²) in [6.07, 6.45) is 8.03. The Morgan fingerprint density at radius 3 is 1.60 bits per heavy atom. The van der Waals surface area contributed by atoms with Crippen molar-refractivity contribution in [1.29, 1.82) is 0 Å². The van der Waals surface area contributed by atoms with Crippen molar-refractivity contribution in [2.75, 3.05) is 0 Å². The van der Waals surface area contributed by atoms with Gasteiger partial charge in [0.25, 0.3) is 0 Å². The number of allylic oxidation sites excluding steroid dienone is 3. The molecule has 0 bridgehead atoms. The summed E-state index contributed by atoms with van der Waals surface area (Å²) >= 11 is 0. The molecule has 0 spiro atoms. The van der Waals surface area contributed by atoms with Crippen LogP contribution in [0.2, 0.25) is 0 Å². The van der Waals surface area contributed by atoms with Gasteiger partial charge in [-0.05, 0) is 65.6 Å². The lowest BCUT2D eigenvalue weighted by Gasteiger charge is -2.37. The summed E-state index contributed by atoms with van der Waals surface area (Å²) in [5.74, 6) is 0. The van der Waals surface area contributed by atoms with Gasteiger partial charge < -0.3 is 14.5 Å². The Bertz CT molecular complexity index is 2530. The number of para-hydroxylation sites is 4. The Labute approximate surface area is 291 Å². The molecule has 8 aromatic rings. The molecule has 2 aromatic heterocycles. The Morgan fingerprint density at radius 1 is 0.500 bits per heavy atom. The van der Waals surface area contributed by atoms with Crippen molar-refractivity contribution >= 4 is 55.0 Å². The van der Waals surface area contributed by atoms with Crippen molar-refractivity contribution in [3.8, 4) is 0 Å². The third-order valence-corrected chi connectivity index (χ3v) is 10.5. The fourth-order valence-corrected chi connectivity index (χ4v) is 8.30. The fourth-order valence-electron chi connectivity index (χ4n) is 8.30. The highest BCUT2D eigenvalue weighted by Crippen LogP contribution is 2.41. The monoisotopic (exact) mass is 644 g/mol. The number of nitrogens with zero attached hydrogens (tertiary/aromatic N) is 2. The Balaban J connectivity index is 1.18. The third-order valence-electron chi connectivity index (χ3n) is 10.5. The predicted molar refractivity (Wildman–Crippen MR) is 209 cm³/mol. The molecule has 50 heavy (non-hydrogen) atoms. The minimum Gasteiger partial charge on any atom is -0.366 e. The second kappa shape index (κ2) is 11.8. The van der Waals surface area contributed by atoms with Crippen LogP contribution >= 0.6 is 0 Å². The lowest BCUT2D eigenvalue weighted by molar-refractivity contribution is 0.450. The van der Waals surface area contributed by atoms with E-state index in [4.69, 9.17) is 0 Å². The number of benzene rings is 6. The van der Waals surface area contributed by atoms with Gasteiger partial charge in [0.15, 0.2) is 0 Å². The summed E-state index contributed by atoms with van der Waals surface area (Å²) < 4.78 is 5.03. The highest BCUT2D eigenvalue weighted by atomic mass is 15.2. The molecule has 0 amide bonds. The summed E-state index contributed by atoms with van der Waals surface area (Å²) in [5, 5.41) is 13.1. The molecule has 3 heterocycles. The van der Waals surface area contributed by atoms with Crippen LogP contribution in [0.1, 0.15) is 29.6 Å². The van der Waals surface area contributed by atoms with Crippen LogP contribution in [0, 0.1) is 0 Å². The van der Waals surface area contributed by atoms with E-state index in [1.54, 1.807) is 0 Å². The zero-order valence-corrected chi connectivity index (χ0v) is 27.6. The van der Waals surface area contributed by atoms with E-state index in [2.05, 4.69) is 196 Å². The van der Waals surface area contributed by atoms with Crippen LogP contribution in [0.5, 0.6) is 0 Å². The van der Waals surface area contributed by atoms with E-state index in [9.17, 15) is 0 Å². The number of hydrogen-bond acceptors (Lipinski definition) is 2. The van der Waals surface area contributed by atoms with E-state index in [1.165, 1.54) is 66.0 Å². The fraction of sp³-hybridized carbons (Fsp3) is 0.0870. The number of aromatic nitrogens is 2. The maximum atomic E-state index is 4.02. The molecule has 1 aliphatic carbocycles. The second-order valence-electron chi connectivity index (χ2n) is 13.4. The normalized spacial score (nSPS) is 19.4. The van der Waals surface area contributed by atoms with Crippen molar-refractivity contribution in [3.05, 3.63) is 193 Å². The molecule has 240 valence electrons. The SMILES string of the molecule is C1=C(c2ccccc2)NC(C2=CC(n3c4ccccc4c4ccccc43)=CC(n3c4ccccc4c4ccccc43)C2)NC1c1ccccc1. The summed E-state index contributed by atoms with van der Waals surface area (Å²) in [5.41, 5.74) is 11.0. The predicted octanol–water partition coefficient (Wildman–Crippen LogP) is 10.6. The van der Waals surface area contributed by atoms with Crippen LogP contribution in [0.15, 0.2) is 182 Å². The Morgan fingerprint density at radius 2 is 1.00 bits per heavy atom. The lowest BCUT2D eigenvalue weighted by atomic mass is 9.92. The number of nitrogens with one attached hydrogen (secondary N) is 2. The maximum absolute atomic E-state index is 4.02. The molecular weight excluding hydrogens is 609 g/mol. The van der Waals surface area contributed by atoms with Crippen LogP contribution in [0.4, 0.5) is 0 Å². The molecule has 4 nitrogen and oxygen atoms in total. The number of fused-ring (bicyclic) bond motifs is 6. The molecule has 10 rings (SSSR count). The molecule has 0 saturated carbocycles. The van der Waals surface area contributed by atoms with Crippen molar-refractivity contribution in [2.24, 2.45) is 0 Å². The molecule has 0 saturated heterocycles. The molecular formula is C46H36N4. The average molecular weight is 645 g/mol. The molecule has 4 heteroatoms. The Hall–Kier alpha value is -6.10. The first-order valence-electron chi connectivity index (χ1n) is 17.5. The summed E-state index contributed by atoms with van der Waals surface area (Å²) in [6.45, 7) is 0. The number of rotatable bonds is 5. The van der Waals surface area contributed by atoms with E-state index in [1.807, 2.05) is 0 Å². The zero-order chi connectivity index (χ0) is 33.0. The molecule has 0 fully saturated rings. The molecule has 3 unspecified atom stereocenters. The first-order valence-corrected chi connectivity index (χ1v) is 17.5. The van der Waals surface area contributed by atoms with Crippen molar-refractivity contribution in [2.45, 2.75) is 24.7 Å². The number of hydrogen-bond donors (Lipinski definition) is 2. The third kappa shape index (κ3) is 4.72. The minimum atomic E-state index is -0.0900. The van der Waals surface area contributed by atoms with Gasteiger partial charge in [-0.1, -0.05) is 133 Å². The van der Waals surface area contributed by atoms with E-state index in [0.29, 0.717) is 0 Å². The van der Waals surface area contributed by atoms with E-state index in [-0.39, 0.29) is 18.2 Å². The van der Waals surface area contributed by atoms with Gasteiger partial charge >= 0.3 is 0 Å². The van der Waals surface area contributed by atoms with Gasteiger partial charge in [-0.3, -0.25) is 5.32 Å². The first-order chi connectivity index (χ1) is 24.8. The first kappa shape index (κ1) is 28.9. The molecule has 0 radical (unpaired) electrons. The van der Waals surface area contributed by atoms with Gasteiger partial charge in [-0.25, -0.2) is 0 Å². The molecule has 2 aliphatic rings.